The second-order valence-electron chi connectivity index (χ2n) is 5.63. The van der Waals surface area contributed by atoms with Gasteiger partial charge in [0.2, 0.25) is 0 Å². The minimum absolute atomic E-state index is 0.119. The van der Waals surface area contributed by atoms with E-state index in [1.165, 1.54) is 18.2 Å². The lowest BCUT2D eigenvalue weighted by Crippen LogP contribution is -2.42. The van der Waals surface area contributed by atoms with Crippen LogP contribution in [-0.2, 0) is 10.0 Å². The molecule has 1 amide bonds. The summed E-state index contributed by atoms with van der Waals surface area (Å²) < 4.78 is 38.7. The third kappa shape index (κ3) is 3.47. The first-order chi connectivity index (χ1) is 11.1. The quantitative estimate of drug-likeness (QED) is 0.833. The van der Waals surface area contributed by atoms with Crippen LogP contribution in [0, 0.1) is 33.5 Å². The molecule has 0 radical (unpaired) electrons. The molecule has 2 aromatic rings. The number of amides is 1. The van der Waals surface area contributed by atoms with Crippen molar-refractivity contribution in [2.45, 2.75) is 32.6 Å². The Morgan fingerprint density at radius 2 is 1.54 bits per heavy atom. The van der Waals surface area contributed by atoms with Gasteiger partial charge >= 0.3 is 0 Å². The zero-order chi connectivity index (χ0) is 18.1. The van der Waals surface area contributed by atoms with Gasteiger partial charge in [-0.1, -0.05) is 18.2 Å². The zero-order valence-electron chi connectivity index (χ0n) is 13.9. The highest BCUT2D eigenvalue weighted by Crippen LogP contribution is 2.25. The van der Waals surface area contributed by atoms with Gasteiger partial charge in [0.25, 0.3) is 15.9 Å². The number of halogens is 1. The number of hydrogen-bond acceptors (Lipinski definition) is 3. The van der Waals surface area contributed by atoms with Crippen molar-refractivity contribution in [3.8, 4) is 0 Å². The number of carbonyl (C=O) groups excluding carboxylic acids is 1. The third-order valence-electron chi connectivity index (χ3n) is 3.98. The van der Waals surface area contributed by atoms with Gasteiger partial charge in [-0.2, -0.15) is 0 Å². The van der Waals surface area contributed by atoms with Crippen molar-refractivity contribution in [2.24, 2.45) is 0 Å². The Balaban J connectivity index is 2.31. The van der Waals surface area contributed by atoms with Gasteiger partial charge in [-0.3, -0.25) is 10.2 Å². The van der Waals surface area contributed by atoms with E-state index in [1.54, 1.807) is 13.8 Å². The van der Waals surface area contributed by atoms with Gasteiger partial charge in [0.05, 0.1) is 10.5 Å². The molecule has 0 bridgehead atoms. The summed E-state index contributed by atoms with van der Waals surface area (Å²) in [5, 5.41) is 0. The van der Waals surface area contributed by atoms with Crippen molar-refractivity contribution in [1.82, 2.24) is 10.3 Å². The van der Waals surface area contributed by atoms with Crippen LogP contribution in [0.1, 0.15) is 32.6 Å². The summed E-state index contributed by atoms with van der Waals surface area (Å²) in [6.45, 7) is 7.04. The molecule has 0 aliphatic heterocycles. The van der Waals surface area contributed by atoms with Crippen LogP contribution in [0.25, 0.3) is 0 Å². The van der Waals surface area contributed by atoms with Crippen LogP contribution in [0.3, 0.4) is 0 Å². The molecule has 0 fully saturated rings. The van der Waals surface area contributed by atoms with Crippen LogP contribution in [-0.4, -0.2) is 14.3 Å². The van der Waals surface area contributed by atoms with Gasteiger partial charge in [0.1, 0.15) is 5.82 Å². The standard InChI is InChI=1S/C17H19FN2O3S/c1-10-9-11(2)13(4)16(12(10)3)24(22,23)20-19-17(21)14-7-5-6-8-15(14)18/h5-9,20H,1-4H3,(H,19,21). The molecular weight excluding hydrogens is 331 g/mol. The number of nitrogens with one attached hydrogen (secondary N) is 2. The second kappa shape index (κ2) is 6.70. The van der Waals surface area contributed by atoms with Gasteiger partial charge in [-0.25, -0.2) is 12.8 Å². The molecule has 0 saturated carbocycles. The maximum atomic E-state index is 13.6. The minimum Gasteiger partial charge on any atom is -0.273 e. The topological polar surface area (TPSA) is 75.3 Å². The molecule has 0 aliphatic rings. The maximum absolute atomic E-state index is 13.6. The molecule has 2 rings (SSSR count). The molecule has 5 nitrogen and oxygen atoms in total. The largest absolute Gasteiger partial charge is 0.273 e. The molecule has 2 N–H and O–H groups in total. The van der Waals surface area contributed by atoms with E-state index in [9.17, 15) is 17.6 Å². The average molecular weight is 350 g/mol. The smallest absolute Gasteiger partial charge is 0.269 e. The van der Waals surface area contributed by atoms with Gasteiger partial charge in [0, 0.05) is 0 Å². The minimum atomic E-state index is -3.99. The van der Waals surface area contributed by atoms with Crippen LogP contribution < -0.4 is 10.3 Å². The first kappa shape index (κ1) is 18.1. The predicted octanol–water partition coefficient (Wildman–Crippen LogP) is 2.68. The third-order valence-corrected chi connectivity index (χ3v) is 5.50. The summed E-state index contributed by atoms with van der Waals surface area (Å²) >= 11 is 0. The van der Waals surface area contributed by atoms with Crippen LogP contribution in [0.2, 0.25) is 0 Å². The van der Waals surface area contributed by atoms with E-state index >= 15 is 0 Å². The molecule has 7 heteroatoms. The van der Waals surface area contributed by atoms with E-state index in [4.69, 9.17) is 0 Å². The Morgan fingerprint density at radius 1 is 1.00 bits per heavy atom. The number of hydrazine groups is 1. The number of carbonyl (C=O) groups is 1. The van der Waals surface area contributed by atoms with Gasteiger partial charge in [0.15, 0.2) is 0 Å². The highest BCUT2D eigenvalue weighted by Gasteiger charge is 2.23. The Hall–Kier alpha value is -2.25. The second-order valence-corrected chi connectivity index (χ2v) is 7.25. The van der Waals surface area contributed by atoms with Crippen molar-refractivity contribution < 1.29 is 17.6 Å². The normalized spacial score (nSPS) is 11.4. The molecule has 0 spiro atoms. The number of rotatable bonds is 4. The summed E-state index contributed by atoms with van der Waals surface area (Å²) in [6.07, 6.45) is 0. The molecule has 0 aromatic heterocycles. The van der Waals surface area contributed by atoms with E-state index in [1.807, 2.05) is 24.7 Å². The molecule has 2 aromatic carbocycles. The van der Waals surface area contributed by atoms with E-state index in [2.05, 4.69) is 5.43 Å². The number of sulfonamides is 1. The fourth-order valence-electron chi connectivity index (χ4n) is 2.46. The van der Waals surface area contributed by atoms with E-state index in [0.29, 0.717) is 11.1 Å². The summed E-state index contributed by atoms with van der Waals surface area (Å²) in [4.78, 5) is 14.1. The summed E-state index contributed by atoms with van der Waals surface area (Å²) in [5.41, 5.74) is 4.68. The van der Waals surface area contributed by atoms with Crippen molar-refractivity contribution in [2.75, 3.05) is 0 Å². The first-order valence-electron chi connectivity index (χ1n) is 7.29. The van der Waals surface area contributed by atoms with E-state index in [0.717, 1.165) is 17.2 Å². The highest BCUT2D eigenvalue weighted by atomic mass is 32.2. The highest BCUT2D eigenvalue weighted by molar-refractivity contribution is 7.89. The molecule has 0 unspecified atom stereocenters. The van der Waals surface area contributed by atoms with Crippen LogP contribution in [0.4, 0.5) is 4.39 Å². The van der Waals surface area contributed by atoms with Crippen molar-refractivity contribution in [3.05, 3.63) is 64.0 Å². The van der Waals surface area contributed by atoms with Crippen LogP contribution in [0.5, 0.6) is 0 Å². The predicted molar refractivity (Wildman–Crippen MR) is 89.6 cm³/mol. The first-order valence-corrected chi connectivity index (χ1v) is 8.77. The van der Waals surface area contributed by atoms with Gasteiger partial charge in [-0.05, 0) is 62.1 Å². The number of hydrogen-bond donors (Lipinski definition) is 2. The number of benzene rings is 2. The lowest BCUT2D eigenvalue weighted by atomic mass is 10.0. The zero-order valence-corrected chi connectivity index (χ0v) is 14.7. The summed E-state index contributed by atoms with van der Waals surface area (Å²) in [6, 6.07) is 7.23. The van der Waals surface area contributed by atoms with Crippen molar-refractivity contribution in [1.29, 1.82) is 0 Å². The molecular formula is C17H19FN2O3S. The Labute approximate surface area is 140 Å². The fraction of sp³-hybridized carbons (Fsp3) is 0.235. The average Bonchev–Trinajstić information content (AvgIpc) is 2.51. The van der Waals surface area contributed by atoms with Crippen LogP contribution >= 0.6 is 0 Å². The molecule has 24 heavy (non-hydrogen) atoms. The van der Waals surface area contributed by atoms with E-state index < -0.39 is 21.7 Å². The van der Waals surface area contributed by atoms with Gasteiger partial charge in [-0.15, -0.1) is 4.83 Å². The lowest BCUT2D eigenvalue weighted by molar-refractivity contribution is 0.0941. The Kier molecular flexibility index (Phi) is 5.05. The molecule has 0 heterocycles. The molecule has 0 aliphatic carbocycles. The van der Waals surface area contributed by atoms with Gasteiger partial charge < -0.3 is 0 Å². The summed E-state index contributed by atoms with van der Waals surface area (Å²) in [7, 11) is -3.99. The van der Waals surface area contributed by atoms with E-state index in [-0.39, 0.29) is 10.5 Å². The van der Waals surface area contributed by atoms with Crippen LogP contribution in [0.15, 0.2) is 35.2 Å². The summed E-state index contributed by atoms with van der Waals surface area (Å²) in [5.74, 6) is -1.59. The van der Waals surface area contributed by atoms with Crippen molar-refractivity contribution >= 4 is 15.9 Å². The monoisotopic (exact) mass is 350 g/mol. The maximum Gasteiger partial charge on any atom is 0.269 e. The fourth-order valence-corrected chi connectivity index (χ4v) is 3.92. The molecule has 0 atom stereocenters. The lowest BCUT2D eigenvalue weighted by Gasteiger charge is -2.16. The molecule has 0 saturated heterocycles. The SMILES string of the molecule is Cc1cc(C)c(C)c(S(=O)(=O)NNC(=O)c2ccccc2F)c1C. The number of aryl methyl sites for hydroxylation is 2. The van der Waals surface area contributed by atoms with Crippen molar-refractivity contribution in [3.63, 3.8) is 0 Å². The Bertz CT molecular complexity index is 882. The molecule has 128 valence electrons. The Morgan fingerprint density at radius 3 is 2.08 bits per heavy atom.